The topological polar surface area (TPSA) is 9.72 Å². The van der Waals surface area contributed by atoms with Crippen LogP contribution in [0.15, 0.2) is 54.6 Å². The van der Waals surface area contributed by atoms with Crippen molar-refractivity contribution in [1.82, 2.24) is 14.7 Å². The maximum atomic E-state index is 2.66. The Bertz CT molecular complexity index is 806. The van der Waals surface area contributed by atoms with E-state index in [4.69, 9.17) is 0 Å². The van der Waals surface area contributed by atoms with Gasteiger partial charge in [-0.1, -0.05) is 54.6 Å². The molecule has 3 fully saturated rings. The number of rotatable bonds is 8. The predicted molar refractivity (Wildman–Crippen MR) is 129 cm³/mol. The van der Waals surface area contributed by atoms with Gasteiger partial charge in [0.15, 0.2) is 0 Å². The lowest BCUT2D eigenvalue weighted by atomic mass is 9.71. The normalized spacial score (nSPS) is 27.1. The average molecular weight is 418 g/mol. The van der Waals surface area contributed by atoms with Crippen LogP contribution in [0.4, 0.5) is 0 Å². The highest BCUT2D eigenvalue weighted by atomic mass is 15.2. The smallest absolute Gasteiger partial charge is 0.0234 e. The second-order valence-electron chi connectivity index (χ2n) is 10.4. The van der Waals surface area contributed by atoms with Crippen molar-refractivity contribution in [2.24, 2.45) is 5.92 Å². The first-order chi connectivity index (χ1) is 15.2. The summed E-state index contributed by atoms with van der Waals surface area (Å²) in [5, 5.41) is 0. The standard InChI is InChI=1S/C28H39N3/c1-29(28-13-16-31(22-28)21-23-7-3-2-4-8-23)19-25-17-27(18-25)26-11-9-24(10-12-26)20-30-14-5-6-15-30/h2-4,7-12,25,27-28H,5-6,13-22H2,1H3. The summed E-state index contributed by atoms with van der Waals surface area (Å²) in [6.45, 7) is 8.54. The Morgan fingerprint density at radius 3 is 2.23 bits per heavy atom. The van der Waals surface area contributed by atoms with Gasteiger partial charge in [0, 0.05) is 38.8 Å². The first-order valence-electron chi connectivity index (χ1n) is 12.5. The van der Waals surface area contributed by atoms with E-state index in [0.717, 1.165) is 31.0 Å². The molecule has 0 radical (unpaired) electrons. The molecule has 31 heavy (non-hydrogen) atoms. The van der Waals surface area contributed by atoms with Gasteiger partial charge in [0.05, 0.1) is 0 Å². The fraction of sp³-hybridized carbons (Fsp3) is 0.571. The number of likely N-dealkylation sites (tertiary alicyclic amines) is 2. The molecule has 3 heteroatoms. The van der Waals surface area contributed by atoms with Crippen molar-refractivity contribution in [1.29, 1.82) is 0 Å². The molecule has 3 aliphatic rings. The van der Waals surface area contributed by atoms with Crippen LogP contribution in [0.1, 0.15) is 54.7 Å². The largest absolute Gasteiger partial charge is 0.302 e. The molecule has 2 aromatic rings. The van der Waals surface area contributed by atoms with Gasteiger partial charge in [0.25, 0.3) is 0 Å². The first-order valence-corrected chi connectivity index (χ1v) is 12.5. The third kappa shape index (κ3) is 5.39. The molecule has 1 aliphatic carbocycles. The Balaban J connectivity index is 1.04. The van der Waals surface area contributed by atoms with Crippen LogP contribution in [0.25, 0.3) is 0 Å². The molecular formula is C28H39N3. The summed E-state index contributed by atoms with van der Waals surface area (Å²) in [5.41, 5.74) is 4.50. The zero-order valence-corrected chi connectivity index (χ0v) is 19.3. The van der Waals surface area contributed by atoms with E-state index < -0.39 is 0 Å². The van der Waals surface area contributed by atoms with E-state index in [1.165, 1.54) is 76.0 Å². The Morgan fingerprint density at radius 2 is 1.48 bits per heavy atom. The molecule has 0 bridgehead atoms. The summed E-state index contributed by atoms with van der Waals surface area (Å²) in [4.78, 5) is 7.88. The molecule has 0 aromatic heterocycles. The van der Waals surface area contributed by atoms with E-state index in [-0.39, 0.29) is 0 Å². The summed E-state index contributed by atoms with van der Waals surface area (Å²) < 4.78 is 0. The van der Waals surface area contributed by atoms with Crippen LogP contribution in [0, 0.1) is 5.92 Å². The van der Waals surface area contributed by atoms with Crippen LogP contribution in [0.3, 0.4) is 0 Å². The zero-order valence-electron chi connectivity index (χ0n) is 19.3. The molecule has 2 heterocycles. The molecule has 5 rings (SSSR count). The van der Waals surface area contributed by atoms with Crippen LogP contribution in [-0.4, -0.2) is 60.5 Å². The number of nitrogens with zero attached hydrogens (tertiary/aromatic N) is 3. The second-order valence-corrected chi connectivity index (χ2v) is 10.4. The van der Waals surface area contributed by atoms with Crippen LogP contribution in [-0.2, 0) is 13.1 Å². The minimum atomic E-state index is 0.729. The third-order valence-electron chi connectivity index (χ3n) is 7.96. The highest BCUT2D eigenvalue weighted by molar-refractivity contribution is 5.27. The molecule has 3 nitrogen and oxygen atoms in total. The lowest BCUT2D eigenvalue weighted by Gasteiger charge is -2.39. The lowest BCUT2D eigenvalue weighted by Crippen LogP contribution is -2.40. The number of likely N-dealkylation sites (N-methyl/N-ethyl adjacent to an activating group) is 1. The van der Waals surface area contributed by atoms with Gasteiger partial charge in [0.1, 0.15) is 0 Å². The Hall–Kier alpha value is -1.68. The van der Waals surface area contributed by atoms with Crippen molar-refractivity contribution < 1.29 is 0 Å². The molecule has 0 N–H and O–H groups in total. The first kappa shape index (κ1) is 21.2. The van der Waals surface area contributed by atoms with Gasteiger partial charge in [-0.05, 0) is 80.8 Å². The van der Waals surface area contributed by atoms with Crippen LogP contribution < -0.4 is 0 Å². The summed E-state index contributed by atoms with van der Waals surface area (Å²) in [5.74, 6) is 1.67. The fourth-order valence-corrected chi connectivity index (χ4v) is 5.96. The maximum absolute atomic E-state index is 2.66. The van der Waals surface area contributed by atoms with Crippen molar-refractivity contribution in [2.75, 3.05) is 39.8 Å². The Labute approximate surface area is 189 Å². The lowest BCUT2D eigenvalue weighted by molar-refractivity contribution is 0.144. The quantitative estimate of drug-likeness (QED) is 0.600. The fourth-order valence-electron chi connectivity index (χ4n) is 5.96. The maximum Gasteiger partial charge on any atom is 0.0234 e. The highest BCUT2D eigenvalue weighted by Crippen LogP contribution is 2.42. The van der Waals surface area contributed by atoms with Gasteiger partial charge in [-0.15, -0.1) is 0 Å². The van der Waals surface area contributed by atoms with Crippen LogP contribution in [0.5, 0.6) is 0 Å². The highest BCUT2D eigenvalue weighted by Gasteiger charge is 2.33. The van der Waals surface area contributed by atoms with Crippen molar-refractivity contribution in [2.45, 2.75) is 57.2 Å². The molecule has 2 aromatic carbocycles. The van der Waals surface area contributed by atoms with Crippen LogP contribution in [0.2, 0.25) is 0 Å². The number of hydrogen-bond acceptors (Lipinski definition) is 3. The molecular weight excluding hydrogens is 378 g/mol. The van der Waals surface area contributed by atoms with Gasteiger partial charge >= 0.3 is 0 Å². The van der Waals surface area contributed by atoms with E-state index in [1.807, 2.05) is 0 Å². The molecule has 2 aliphatic heterocycles. The second kappa shape index (κ2) is 9.85. The van der Waals surface area contributed by atoms with Crippen molar-refractivity contribution in [3.63, 3.8) is 0 Å². The Morgan fingerprint density at radius 1 is 0.806 bits per heavy atom. The molecule has 1 unspecified atom stereocenters. The molecule has 1 atom stereocenters. The van der Waals surface area contributed by atoms with Gasteiger partial charge in [0.2, 0.25) is 0 Å². The van der Waals surface area contributed by atoms with E-state index in [9.17, 15) is 0 Å². The van der Waals surface area contributed by atoms with Gasteiger partial charge in [-0.2, -0.15) is 0 Å². The van der Waals surface area contributed by atoms with Crippen molar-refractivity contribution in [3.05, 3.63) is 71.3 Å². The van der Waals surface area contributed by atoms with Crippen molar-refractivity contribution in [3.8, 4) is 0 Å². The molecule has 166 valence electrons. The SMILES string of the molecule is CN(CC1CC(c2ccc(CN3CCCC3)cc2)C1)C1CCN(Cc2ccccc2)C1. The average Bonchev–Trinajstić information content (AvgIpc) is 3.44. The molecule has 1 saturated carbocycles. The predicted octanol–water partition coefficient (Wildman–Crippen LogP) is 4.98. The van der Waals surface area contributed by atoms with E-state index >= 15 is 0 Å². The van der Waals surface area contributed by atoms with Crippen molar-refractivity contribution >= 4 is 0 Å². The van der Waals surface area contributed by atoms with Gasteiger partial charge in [-0.3, -0.25) is 9.80 Å². The molecule has 0 spiro atoms. The van der Waals surface area contributed by atoms with E-state index in [1.54, 1.807) is 5.56 Å². The summed E-state index contributed by atoms with van der Waals surface area (Å²) in [6, 6.07) is 21.2. The minimum Gasteiger partial charge on any atom is -0.302 e. The van der Waals surface area contributed by atoms with E-state index in [0.29, 0.717) is 0 Å². The summed E-state index contributed by atoms with van der Waals surface area (Å²) in [7, 11) is 2.36. The molecule has 0 amide bonds. The number of benzene rings is 2. The Kier molecular flexibility index (Phi) is 6.73. The summed E-state index contributed by atoms with van der Waals surface area (Å²) >= 11 is 0. The summed E-state index contributed by atoms with van der Waals surface area (Å²) in [6.07, 6.45) is 6.81. The van der Waals surface area contributed by atoms with Gasteiger partial charge < -0.3 is 4.90 Å². The monoisotopic (exact) mass is 417 g/mol. The van der Waals surface area contributed by atoms with Crippen LogP contribution >= 0.6 is 0 Å². The minimum absolute atomic E-state index is 0.729. The van der Waals surface area contributed by atoms with E-state index in [2.05, 4.69) is 76.3 Å². The third-order valence-corrected chi connectivity index (χ3v) is 7.96. The zero-order chi connectivity index (χ0) is 21.0. The number of hydrogen-bond donors (Lipinski definition) is 0. The van der Waals surface area contributed by atoms with Gasteiger partial charge in [-0.25, -0.2) is 0 Å². The molecule has 2 saturated heterocycles.